The predicted octanol–water partition coefficient (Wildman–Crippen LogP) is 2.22. The average Bonchev–Trinajstić information content (AvgIpc) is 2.83. The summed E-state index contributed by atoms with van der Waals surface area (Å²) in [7, 11) is 0. The molecule has 2 aromatic heterocycles. The highest BCUT2D eigenvalue weighted by molar-refractivity contribution is 9.10. The number of halogens is 1. The number of benzene rings is 1. The molecule has 0 saturated carbocycles. The Balaban J connectivity index is 2.26. The summed E-state index contributed by atoms with van der Waals surface area (Å²) in [5.74, 6) is -0.206. The Morgan fingerprint density at radius 1 is 1.29 bits per heavy atom. The molecule has 1 aromatic carbocycles. The molecule has 3 rings (SSSR count). The van der Waals surface area contributed by atoms with Crippen LogP contribution in [0.1, 0.15) is 12.5 Å². The normalized spacial score (nSPS) is 11.0. The third-order valence-electron chi connectivity index (χ3n) is 3.55. The van der Waals surface area contributed by atoms with Crippen molar-refractivity contribution < 1.29 is 9.53 Å². The van der Waals surface area contributed by atoms with Gasteiger partial charge >= 0.3 is 11.7 Å². The van der Waals surface area contributed by atoms with Gasteiger partial charge in [-0.15, -0.1) is 0 Å². The standard InChI is InChI=1S/C16H15BrN4O3/c1-3-24-13(22)9-20-12-6-4-5-10(2)14(12)21(16(20)23)15-18-7-11(17)8-19-15/h4-8H,3,9H2,1-2H3. The molecule has 0 atom stereocenters. The molecule has 124 valence electrons. The van der Waals surface area contributed by atoms with Gasteiger partial charge in [-0.25, -0.2) is 19.3 Å². The first kappa shape index (κ1) is 16.4. The number of nitrogens with zero attached hydrogens (tertiary/aromatic N) is 4. The summed E-state index contributed by atoms with van der Waals surface area (Å²) in [6.45, 7) is 3.73. The van der Waals surface area contributed by atoms with Crippen LogP contribution in [-0.2, 0) is 16.1 Å². The fourth-order valence-electron chi connectivity index (χ4n) is 2.57. The number of carbonyl (C=O) groups is 1. The number of para-hydroxylation sites is 1. The second kappa shape index (κ2) is 6.56. The van der Waals surface area contributed by atoms with Gasteiger partial charge in [-0.3, -0.25) is 9.36 Å². The van der Waals surface area contributed by atoms with Gasteiger partial charge in [0.05, 0.1) is 22.1 Å². The number of imidazole rings is 1. The molecule has 2 heterocycles. The van der Waals surface area contributed by atoms with Gasteiger partial charge in [0.15, 0.2) is 0 Å². The summed E-state index contributed by atoms with van der Waals surface area (Å²) in [4.78, 5) is 33.2. The van der Waals surface area contributed by atoms with E-state index < -0.39 is 5.97 Å². The SMILES string of the molecule is CCOC(=O)Cn1c(=O)n(-c2ncc(Br)cn2)c2c(C)cccc21. The third kappa shape index (κ3) is 2.84. The summed E-state index contributed by atoms with van der Waals surface area (Å²) in [5, 5.41) is 0. The molecule has 0 saturated heterocycles. The van der Waals surface area contributed by atoms with Crippen LogP contribution >= 0.6 is 15.9 Å². The largest absolute Gasteiger partial charge is 0.465 e. The van der Waals surface area contributed by atoms with Crippen LogP contribution in [0.3, 0.4) is 0 Å². The van der Waals surface area contributed by atoms with Gasteiger partial charge in [0.1, 0.15) is 6.54 Å². The van der Waals surface area contributed by atoms with Crippen LogP contribution in [0.15, 0.2) is 39.9 Å². The zero-order chi connectivity index (χ0) is 17.3. The molecule has 8 heteroatoms. The molecule has 0 aliphatic carbocycles. The van der Waals surface area contributed by atoms with Crippen LogP contribution in [-0.4, -0.2) is 31.7 Å². The maximum absolute atomic E-state index is 12.9. The molecule has 0 amide bonds. The first-order valence-electron chi connectivity index (χ1n) is 7.37. The van der Waals surface area contributed by atoms with Gasteiger partial charge in [0.25, 0.3) is 0 Å². The number of esters is 1. The van der Waals surface area contributed by atoms with Crippen molar-refractivity contribution in [1.29, 1.82) is 0 Å². The molecule has 3 aromatic rings. The topological polar surface area (TPSA) is 79.0 Å². The molecule has 24 heavy (non-hydrogen) atoms. The molecule has 0 N–H and O–H groups in total. The maximum Gasteiger partial charge on any atom is 0.336 e. The second-order valence-corrected chi connectivity index (χ2v) is 6.07. The quantitative estimate of drug-likeness (QED) is 0.638. The highest BCUT2D eigenvalue weighted by Gasteiger charge is 2.19. The van der Waals surface area contributed by atoms with E-state index >= 15 is 0 Å². The number of hydrogen-bond donors (Lipinski definition) is 0. The average molecular weight is 391 g/mol. The number of aryl methyl sites for hydroxylation is 1. The van der Waals surface area contributed by atoms with Crippen LogP contribution in [0.2, 0.25) is 0 Å². The van der Waals surface area contributed by atoms with Crippen molar-refractivity contribution in [2.45, 2.75) is 20.4 Å². The van der Waals surface area contributed by atoms with Crippen molar-refractivity contribution in [3.05, 3.63) is 51.1 Å². The van der Waals surface area contributed by atoms with E-state index in [9.17, 15) is 9.59 Å². The highest BCUT2D eigenvalue weighted by atomic mass is 79.9. The van der Waals surface area contributed by atoms with E-state index in [2.05, 4.69) is 25.9 Å². The summed E-state index contributed by atoms with van der Waals surface area (Å²) >= 11 is 3.28. The van der Waals surface area contributed by atoms with Gasteiger partial charge < -0.3 is 4.74 Å². The fraction of sp³-hybridized carbons (Fsp3) is 0.250. The van der Waals surface area contributed by atoms with E-state index in [0.29, 0.717) is 15.5 Å². The Kier molecular flexibility index (Phi) is 4.48. The zero-order valence-corrected chi connectivity index (χ0v) is 14.8. The van der Waals surface area contributed by atoms with Crippen molar-refractivity contribution >= 4 is 32.9 Å². The lowest BCUT2D eigenvalue weighted by atomic mass is 10.2. The molecule has 0 aliphatic heterocycles. The summed E-state index contributed by atoms with van der Waals surface area (Å²) < 4.78 is 8.47. The molecule has 0 fully saturated rings. The van der Waals surface area contributed by atoms with Crippen LogP contribution in [0.4, 0.5) is 0 Å². The van der Waals surface area contributed by atoms with Crippen molar-refractivity contribution in [2.75, 3.05) is 6.61 Å². The smallest absolute Gasteiger partial charge is 0.336 e. The molecule has 0 bridgehead atoms. The Bertz CT molecular complexity index is 960. The molecule has 0 radical (unpaired) electrons. The number of aromatic nitrogens is 4. The minimum Gasteiger partial charge on any atom is -0.465 e. The van der Waals surface area contributed by atoms with Gasteiger partial charge in [0, 0.05) is 12.4 Å². The lowest BCUT2D eigenvalue weighted by molar-refractivity contribution is -0.143. The van der Waals surface area contributed by atoms with Crippen LogP contribution < -0.4 is 5.69 Å². The summed E-state index contributed by atoms with van der Waals surface area (Å²) in [6, 6.07) is 5.52. The highest BCUT2D eigenvalue weighted by Crippen LogP contribution is 2.20. The van der Waals surface area contributed by atoms with E-state index in [-0.39, 0.29) is 24.8 Å². The summed E-state index contributed by atoms with van der Waals surface area (Å²) in [6.07, 6.45) is 3.14. The van der Waals surface area contributed by atoms with Gasteiger partial charge in [-0.05, 0) is 41.4 Å². The molecular formula is C16H15BrN4O3. The molecule has 0 unspecified atom stereocenters. The number of carbonyl (C=O) groups excluding carboxylic acids is 1. The first-order chi connectivity index (χ1) is 11.5. The van der Waals surface area contributed by atoms with Crippen LogP contribution in [0.5, 0.6) is 0 Å². The third-order valence-corrected chi connectivity index (χ3v) is 3.96. The minimum atomic E-state index is -0.461. The first-order valence-corrected chi connectivity index (χ1v) is 8.16. The van der Waals surface area contributed by atoms with E-state index in [1.807, 2.05) is 19.1 Å². The molecule has 0 spiro atoms. The fourth-order valence-corrected chi connectivity index (χ4v) is 2.77. The lowest BCUT2D eigenvalue weighted by Crippen LogP contribution is -2.28. The molecule has 7 nitrogen and oxygen atoms in total. The maximum atomic E-state index is 12.9. The zero-order valence-electron chi connectivity index (χ0n) is 13.2. The Labute approximate surface area is 146 Å². The van der Waals surface area contributed by atoms with E-state index in [4.69, 9.17) is 4.74 Å². The Morgan fingerprint density at radius 2 is 2.00 bits per heavy atom. The monoisotopic (exact) mass is 390 g/mol. The number of rotatable bonds is 4. The van der Waals surface area contributed by atoms with Gasteiger partial charge in [-0.2, -0.15) is 0 Å². The number of fused-ring (bicyclic) bond motifs is 1. The van der Waals surface area contributed by atoms with Crippen LogP contribution in [0, 0.1) is 6.92 Å². The molecule has 0 aliphatic rings. The minimum absolute atomic E-state index is 0.157. The van der Waals surface area contributed by atoms with Gasteiger partial charge in [0.2, 0.25) is 5.95 Å². The van der Waals surface area contributed by atoms with E-state index in [0.717, 1.165) is 5.56 Å². The lowest BCUT2D eigenvalue weighted by Gasteiger charge is -2.03. The van der Waals surface area contributed by atoms with Crippen molar-refractivity contribution in [1.82, 2.24) is 19.1 Å². The van der Waals surface area contributed by atoms with E-state index in [1.54, 1.807) is 25.4 Å². The van der Waals surface area contributed by atoms with E-state index in [1.165, 1.54) is 9.13 Å². The summed E-state index contributed by atoms with van der Waals surface area (Å²) in [5.41, 5.74) is 1.82. The van der Waals surface area contributed by atoms with Crippen LogP contribution in [0.25, 0.3) is 17.0 Å². The second-order valence-electron chi connectivity index (χ2n) is 5.15. The molecular weight excluding hydrogens is 376 g/mol. The van der Waals surface area contributed by atoms with Gasteiger partial charge in [-0.1, -0.05) is 12.1 Å². The van der Waals surface area contributed by atoms with Crippen molar-refractivity contribution in [3.63, 3.8) is 0 Å². The number of ether oxygens (including phenoxy) is 1. The number of hydrogen-bond acceptors (Lipinski definition) is 5. The van der Waals surface area contributed by atoms with Crippen molar-refractivity contribution in [2.24, 2.45) is 0 Å². The Hall–Kier alpha value is -2.48. The predicted molar refractivity (Wildman–Crippen MR) is 92.2 cm³/mol. The van der Waals surface area contributed by atoms with Crippen molar-refractivity contribution in [3.8, 4) is 5.95 Å². The Morgan fingerprint density at radius 3 is 2.67 bits per heavy atom.